The van der Waals surface area contributed by atoms with Crippen LogP contribution in [0, 0.1) is 0 Å². The van der Waals surface area contributed by atoms with Crippen molar-refractivity contribution in [2.24, 2.45) is 4.52 Å². The number of hydrogen-bond acceptors (Lipinski definition) is 3. The minimum absolute atomic E-state index is 1.36. The molecule has 17 heavy (non-hydrogen) atoms. The van der Waals surface area contributed by atoms with E-state index in [1.807, 2.05) is 9.39 Å². The fraction of sp³-hybridized carbons (Fsp3) is 1.00. The van der Waals surface area contributed by atoms with E-state index >= 15 is 0 Å². The van der Waals surface area contributed by atoms with Crippen molar-refractivity contribution in [3.8, 4) is 0 Å². The Kier molecular flexibility index (Phi) is 6.54. The zero-order valence-corrected chi connectivity index (χ0v) is 13.2. The van der Waals surface area contributed by atoms with E-state index in [2.05, 4.69) is 9.37 Å². The Balaban J connectivity index is 4.69. The molecule has 0 amide bonds. The molecule has 0 heterocycles. The van der Waals surface area contributed by atoms with Crippen molar-refractivity contribution < 1.29 is 26.2 Å². The van der Waals surface area contributed by atoms with Crippen LogP contribution in [0.4, 0.5) is 22.0 Å². The van der Waals surface area contributed by atoms with Crippen LogP contribution in [0.15, 0.2) is 4.52 Å². The Bertz CT molecular complexity index is 282. The summed E-state index contributed by atoms with van der Waals surface area (Å²) in [5, 5.41) is 0. The van der Waals surface area contributed by atoms with E-state index in [9.17, 15) is 22.0 Å². The van der Waals surface area contributed by atoms with Crippen LogP contribution in [-0.4, -0.2) is 20.2 Å². The smallest absolute Gasteiger partial charge is 0.367 e. The second-order valence-electron chi connectivity index (χ2n) is 3.83. The molecule has 0 bridgehead atoms. The summed E-state index contributed by atoms with van der Waals surface area (Å²) in [5.74, 6) is 0. The largest absolute Gasteiger partial charge is 0.463 e. The van der Waals surface area contributed by atoms with Crippen molar-refractivity contribution in [1.82, 2.24) is 4.86 Å². The third kappa shape index (κ3) is 7.04. The molecule has 0 aromatic rings. The molecule has 0 aliphatic rings. The normalized spacial score (nSPS) is 16.5. The Morgan fingerprint density at radius 2 is 1.71 bits per heavy atom. The Hall–Kier alpha value is 0.747. The molecular formula is C5H12F5N2OP3Si. The highest BCUT2D eigenvalue weighted by molar-refractivity contribution is 7.60. The van der Waals surface area contributed by atoms with Crippen LogP contribution in [0.5, 0.6) is 0 Å². The zero-order chi connectivity index (χ0) is 13.9. The molecule has 102 valence electrons. The monoisotopic (exact) mass is 332 g/mol. The lowest BCUT2D eigenvalue weighted by atomic mass is 10.7. The third-order valence-electron chi connectivity index (χ3n) is 1.06. The van der Waals surface area contributed by atoms with Crippen LogP contribution < -0.4 is 4.86 Å². The molecule has 0 aliphatic heterocycles. The molecule has 0 saturated carbocycles. The lowest BCUT2D eigenvalue weighted by molar-refractivity contribution is -0.238. The van der Waals surface area contributed by atoms with E-state index in [0.717, 1.165) is 0 Å². The number of nitrogens with zero attached hydrogens (tertiary/aromatic N) is 1. The van der Waals surface area contributed by atoms with Crippen LogP contribution in [0.1, 0.15) is 0 Å². The number of hydrogen-bond donors (Lipinski definition) is 1. The molecule has 1 N–H and O–H groups in total. The van der Waals surface area contributed by atoms with Gasteiger partial charge >= 0.3 is 11.8 Å². The molecule has 0 aromatic carbocycles. The minimum Gasteiger partial charge on any atom is -0.367 e. The van der Waals surface area contributed by atoms with Crippen LogP contribution in [-0.2, 0) is 4.21 Å². The van der Waals surface area contributed by atoms with Gasteiger partial charge in [-0.25, -0.2) is 4.86 Å². The first-order valence-corrected chi connectivity index (χ1v) is 10.3. The maximum absolute atomic E-state index is 12.6. The standard InChI is InChI=1S/C5H12F5N2OP3Si/c1-17(2,3)13-16(11-14)12-15-5(9,10)4(6,7)8/h11H,14H2,1-3H3. The molecule has 0 aliphatic carbocycles. The summed E-state index contributed by atoms with van der Waals surface area (Å²) < 4.78 is 69.2. The number of nitrogens with one attached hydrogen (secondary N) is 1. The van der Waals surface area contributed by atoms with Gasteiger partial charge in [-0.3, -0.25) is 0 Å². The van der Waals surface area contributed by atoms with Gasteiger partial charge in [-0.05, 0) is 19.6 Å². The van der Waals surface area contributed by atoms with Gasteiger partial charge in [0.25, 0.3) is 0 Å². The van der Waals surface area contributed by atoms with Crippen LogP contribution in [0.2, 0.25) is 19.6 Å². The van der Waals surface area contributed by atoms with Gasteiger partial charge in [0, 0.05) is 0 Å². The van der Waals surface area contributed by atoms with Crippen molar-refractivity contribution in [3.63, 3.8) is 0 Å². The molecule has 3 nitrogen and oxygen atoms in total. The fourth-order valence-electron chi connectivity index (χ4n) is 0.483. The molecule has 0 rings (SSSR count). The van der Waals surface area contributed by atoms with Gasteiger partial charge in [0.1, 0.15) is 8.37 Å². The highest BCUT2D eigenvalue weighted by Crippen LogP contribution is 2.50. The topological polar surface area (TPSA) is 33.6 Å². The van der Waals surface area contributed by atoms with Gasteiger partial charge in [0.2, 0.25) is 8.45 Å². The summed E-state index contributed by atoms with van der Waals surface area (Å²) in [6, 6.07) is 0. The predicted octanol–water partition coefficient (Wildman–Crippen LogP) is 4.73. The van der Waals surface area contributed by atoms with E-state index in [4.69, 9.17) is 4.21 Å². The lowest BCUT2D eigenvalue weighted by Crippen LogP contribution is -2.30. The summed E-state index contributed by atoms with van der Waals surface area (Å²) in [6.07, 6.45) is -5.60. The maximum Gasteiger partial charge on any atom is 0.463 e. The molecule has 0 aromatic heterocycles. The minimum atomic E-state index is -5.60. The molecule has 12 heteroatoms. The second kappa shape index (κ2) is 6.26. The average Bonchev–Trinajstić information content (AvgIpc) is 2.08. The van der Waals surface area contributed by atoms with Crippen molar-refractivity contribution >= 4 is 34.5 Å². The highest BCUT2D eigenvalue weighted by Gasteiger charge is 2.57. The lowest BCUT2D eigenvalue weighted by Gasteiger charge is -2.21. The summed E-state index contributed by atoms with van der Waals surface area (Å²) in [6.45, 7) is 5.33. The van der Waals surface area contributed by atoms with Gasteiger partial charge in [-0.1, -0.05) is 9.39 Å². The third-order valence-corrected chi connectivity index (χ3v) is 6.34. The predicted molar refractivity (Wildman–Crippen MR) is 64.5 cm³/mol. The first-order valence-electron chi connectivity index (χ1n) is 4.22. The van der Waals surface area contributed by atoms with Gasteiger partial charge in [-0.2, -0.15) is 26.5 Å². The van der Waals surface area contributed by atoms with Crippen molar-refractivity contribution in [2.75, 3.05) is 0 Å². The Labute approximate surface area is 102 Å². The Morgan fingerprint density at radius 1 is 1.24 bits per heavy atom. The first kappa shape index (κ1) is 17.7. The zero-order valence-electron chi connectivity index (χ0n) is 9.22. The highest BCUT2D eigenvalue weighted by atomic mass is 31.2. The maximum atomic E-state index is 12.6. The molecular weight excluding hydrogens is 320 g/mol. The summed E-state index contributed by atoms with van der Waals surface area (Å²) in [4.78, 5) is 2.40. The SMILES string of the molecule is C[Si](C)(C)OP(N=PC(F)(F)C(F)(F)F)NP. The first-order chi connectivity index (χ1) is 7.39. The molecule has 0 fully saturated rings. The fourth-order valence-corrected chi connectivity index (χ4v) is 5.28. The van der Waals surface area contributed by atoms with Crippen LogP contribution in [0.25, 0.3) is 0 Å². The summed E-state index contributed by atoms with van der Waals surface area (Å²) >= 11 is 0. The van der Waals surface area contributed by atoms with E-state index in [1.54, 1.807) is 19.6 Å². The van der Waals surface area contributed by atoms with Crippen molar-refractivity contribution in [2.45, 2.75) is 31.5 Å². The molecule has 2 atom stereocenters. The Morgan fingerprint density at radius 3 is 2.00 bits per heavy atom. The number of rotatable bonds is 5. The van der Waals surface area contributed by atoms with Gasteiger partial charge < -0.3 is 4.21 Å². The number of halogens is 5. The molecule has 2 unspecified atom stereocenters. The summed E-state index contributed by atoms with van der Waals surface area (Å²) in [5.41, 5.74) is -4.85. The van der Waals surface area contributed by atoms with Gasteiger partial charge in [0.05, 0.1) is 0 Å². The van der Waals surface area contributed by atoms with E-state index < -0.39 is 37.0 Å². The average molecular weight is 332 g/mol. The van der Waals surface area contributed by atoms with Crippen molar-refractivity contribution in [3.05, 3.63) is 0 Å². The van der Waals surface area contributed by atoms with E-state index in [0.29, 0.717) is 0 Å². The van der Waals surface area contributed by atoms with Crippen LogP contribution in [0.3, 0.4) is 0 Å². The van der Waals surface area contributed by atoms with Gasteiger partial charge in [0.15, 0.2) is 8.32 Å². The number of alkyl halides is 5. The summed E-state index contributed by atoms with van der Waals surface area (Å²) in [7, 11) is -3.27. The van der Waals surface area contributed by atoms with E-state index in [-0.39, 0.29) is 0 Å². The van der Waals surface area contributed by atoms with Gasteiger partial charge in [-0.15, -0.1) is 0 Å². The molecule has 0 saturated heterocycles. The second-order valence-corrected chi connectivity index (χ2v) is 11.8. The van der Waals surface area contributed by atoms with E-state index in [1.165, 1.54) is 0 Å². The van der Waals surface area contributed by atoms with Crippen LogP contribution >= 0.6 is 26.2 Å². The molecule has 0 radical (unpaired) electrons. The molecule has 0 spiro atoms. The quantitative estimate of drug-likeness (QED) is 0.449. The van der Waals surface area contributed by atoms with Crippen molar-refractivity contribution in [1.29, 1.82) is 0 Å².